The Hall–Kier alpha value is -2.29. The summed E-state index contributed by atoms with van der Waals surface area (Å²) >= 11 is 0. The lowest BCUT2D eigenvalue weighted by Gasteiger charge is -2.04. The molecular formula is C15H14O3. The highest BCUT2D eigenvalue weighted by molar-refractivity contribution is 5.67. The van der Waals surface area contributed by atoms with Gasteiger partial charge in [-0.15, -0.1) is 0 Å². The molecule has 0 saturated heterocycles. The number of phenolic OH excluding ortho intramolecular Hbond substituents is 1. The molecule has 0 amide bonds. The molecule has 0 fully saturated rings. The van der Waals surface area contributed by atoms with Crippen LogP contribution in [0, 0.1) is 0 Å². The second kappa shape index (κ2) is 5.36. The fraction of sp³-hybridized carbons (Fsp3) is 0.133. The average molecular weight is 242 g/mol. The van der Waals surface area contributed by atoms with Crippen molar-refractivity contribution in [3.8, 4) is 16.9 Å². The fourth-order valence-corrected chi connectivity index (χ4v) is 1.80. The number of benzene rings is 2. The molecule has 0 aliphatic heterocycles. The standard InChI is InChI=1S/C15H14O3/c16-14-3-1-2-13(10-14)12-7-4-11(5-8-12)6-9-15(17)18/h1-5,7-8,10,16H,6,9H2,(H,17,18). The second-order valence-corrected chi connectivity index (χ2v) is 4.14. The highest BCUT2D eigenvalue weighted by atomic mass is 16.4. The van der Waals surface area contributed by atoms with Crippen LogP contribution in [0.25, 0.3) is 11.1 Å². The van der Waals surface area contributed by atoms with E-state index in [1.165, 1.54) is 0 Å². The van der Waals surface area contributed by atoms with Gasteiger partial charge in [0.15, 0.2) is 0 Å². The van der Waals surface area contributed by atoms with Gasteiger partial charge in [-0.3, -0.25) is 4.79 Å². The first-order valence-electron chi connectivity index (χ1n) is 5.75. The molecule has 0 saturated carbocycles. The van der Waals surface area contributed by atoms with E-state index in [0.717, 1.165) is 16.7 Å². The molecule has 0 aliphatic carbocycles. The van der Waals surface area contributed by atoms with E-state index in [9.17, 15) is 9.90 Å². The van der Waals surface area contributed by atoms with Crippen molar-refractivity contribution in [1.82, 2.24) is 0 Å². The number of aryl methyl sites for hydroxylation is 1. The molecule has 0 aromatic heterocycles. The van der Waals surface area contributed by atoms with Crippen LogP contribution in [0.3, 0.4) is 0 Å². The summed E-state index contributed by atoms with van der Waals surface area (Å²) < 4.78 is 0. The summed E-state index contributed by atoms with van der Waals surface area (Å²) in [6.45, 7) is 0. The summed E-state index contributed by atoms with van der Waals surface area (Å²) in [5, 5.41) is 18.0. The molecule has 92 valence electrons. The summed E-state index contributed by atoms with van der Waals surface area (Å²) in [7, 11) is 0. The van der Waals surface area contributed by atoms with Gasteiger partial charge in [0.05, 0.1) is 0 Å². The van der Waals surface area contributed by atoms with Gasteiger partial charge in [0.2, 0.25) is 0 Å². The van der Waals surface area contributed by atoms with Gasteiger partial charge in [0, 0.05) is 6.42 Å². The van der Waals surface area contributed by atoms with E-state index in [2.05, 4.69) is 0 Å². The molecule has 0 atom stereocenters. The van der Waals surface area contributed by atoms with Gasteiger partial charge < -0.3 is 10.2 Å². The zero-order valence-corrected chi connectivity index (χ0v) is 9.84. The van der Waals surface area contributed by atoms with Crippen molar-refractivity contribution >= 4 is 5.97 Å². The molecule has 0 spiro atoms. The lowest BCUT2D eigenvalue weighted by Crippen LogP contribution is -1.97. The summed E-state index contributed by atoms with van der Waals surface area (Å²) in [6.07, 6.45) is 0.682. The SMILES string of the molecule is O=C(O)CCc1ccc(-c2cccc(O)c2)cc1. The maximum absolute atomic E-state index is 10.5. The van der Waals surface area contributed by atoms with Crippen molar-refractivity contribution in [2.75, 3.05) is 0 Å². The number of aliphatic carboxylic acids is 1. The summed E-state index contributed by atoms with van der Waals surface area (Å²) in [5.74, 6) is -0.547. The van der Waals surface area contributed by atoms with Gasteiger partial charge in [0.25, 0.3) is 0 Å². The predicted octanol–water partition coefficient (Wildman–Crippen LogP) is 3.08. The average Bonchev–Trinajstić information content (AvgIpc) is 2.37. The molecule has 0 heterocycles. The molecule has 2 aromatic rings. The summed E-state index contributed by atoms with van der Waals surface area (Å²) in [6, 6.07) is 14.8. The topological polar surface area (TPSA) is 57.5 Å². The minimum atomic E-state index is -0.785. The Morgan fingerprint density at radius 2 is 1.72 bits per heavy atom. The van der Waals surface area contributed by atoms with Crippen LogP contribution in [0.1, 0.15) is 12.0 Å². The summed E-state index contributed by atoms with van der Waals surface area (Å²) in [4.78, 5) is 10.5. The van der Waals surface area contributed by atoms with Crippen molar-refractivity contribution < 1.29 is 15.0 Å². The Labute approximate surface area is 105 Å². The number of phenols is 1. The first-order chi connectivity index (χ1) is 8.65. The molecule has 0 unspecified atom stereocenters. The van der Waals surface area contributed by atoms with Crippen LogP contribution in [0.2, 0.25) is 0 Å². The minimum absolute atomic E-state index is 0.144. The van der Waals surface area contributed by atoms with Gasteiger partial charge in [0.1, 0.15) is 5.75 Å². The largest absolute Gasteiger partial charge is 0.508 e. The highest BCUT2D eigenvalue weighted by Crippen LogP contribution is 2.23. The van der Waals surface area contributed by atoms with Crippen LogP contribution in [0.4, 0.5) is 0 Å². The molecule has 3 nitrogen and oxygen atoms in total. The van der Waals surface area contributed by atoms with E-state index in [4.69, 9.17) is 5.11 Å². The van der Waals surface area contributed by atoms with Gasteiger partial charge in [-0.05, 0) is 35.2 Å². The number of rotatable bonds is 4. The zero-order chi connectivity index (χ0) is 13.0. The first kappa shape index (κ1) is 12.2. The van der Waals surface area contributed by atoms with Gasteiger partial charge >= 0.3 is 5.97 Å². The third-order valence-corrected chi connectivity index (χ3v) is 2.76. The molecular weight excluding hydrogens is 228 g/mol. The Morgan fingerprint density at radius 3 is 2.33 bits per heavy atom. The number of carbonyl (C=O) groups is 1. The highest BCUT2D eigenvalue weighted by Gasteiger charge is 2.01. The lowest BCUT2D eigenvalue weighted by atomic mass is 10.0. The van der Waals surface area contributed by atoms with E-state index >= 15 is 0 Å². The first-order valence-corrected chi connectivity index (χ1v) is 5.75. The van der Waals surface area contributed by atoms with Crippen molar-refractivity contribution in [3.05, 3.63) is 54.1 Å². The molecule has 2 N–H and O–H groups in total. The molecule has 0 aliphatic rings. The molecule has 18 heavy (non-hydrogen) atoms. The van der Waals surface area contributed by atoms with Crippen molar-refractivity contribution in [2.24, 2.45) is 0 Å². The maximum Gasteiger partial charge on any atom is 0.303 e. The molecule has 0 radical (unpaired) electrons. The Balaban J connectivity index is 2.14. The predicted molar refractivity (Wildman–Crippen MR) is 69.5 cm³/mol. The van der Waals surface area contributed by atoms with E-state index in [-0.39, 0.29) is 12.2 Å². The molecule has 2 rings (SSSR count). The number of carboxylic acid groups (broad SMARTS) is 1. The quantitative estimate of drug-likeness (QED) is 0.866. The zero-order valence-electron chi connectivity index (χ0n) is 9.84. The number of carboxylic acids is 1. The van der Waals surface area contributed by atoms with Crippen molar-refractivity contribution in [1.29, 1.82) is 0 Å². The smallest absolute Gasteiger partial charge is 0.303 e. The molecule has 3 heteroatoms. The second-order valence-electron chi connectivity index (χ2n) is 4.14. The van der Waals surface area contributed by atoms with Crippen LogP contribution in [-0.2, 0) is 11.2 Å². The van der Waals surface area contributed by atoms with Crippen LogP contribution in [0.5, 0.6) is 5.75 Å². The number of hydrogen-bond acceptors (Lipinski definition) is 2. The van der Waals surface area contributed by atoms with E-state index in [0.29, 0.717) is 6.42 Å². The van der Waals surface area contributed by atoms with E-state index < -0.39 is 5.97 Å². The Bertz CT molecular complexity index is 544. The monoisotopic (exact) mass is 242 g/mol. The molecule has 0 bridgehead atoms. The van der Waals surface area contributed by atoms with Crippen LogP contribution in [0.15, 0.2) is 48.5 Å². The number of hydrogen-bond donors (Lipinski definition) is 2. The fourth-order valence-electron chi connectivity index (χ4n) is 1.80. The van der Waals surface area contributed by atoms with Crippen LogP contribution >= 0.6 is 0 Å². The molecule has 2 aromatic carbocycles. The Morgan fingerprint density at radius 1 is 1.00 bits per heavy atom. The van der Waals surface area contributed by atoms with Gasteiger partial charge in [-0.1, -0.05) is 36.4 Å². The number of aromatic hydroxyl groups is 1. The van der Waals surface area contributed by atoms with E-state index in [1.807, 2.05) is 30.3 Å². The minimum Gasteiger partial charge on any atom is -0.508 e. The van der Waals surface area contributed by atoms with Gasteiger partial charge in [-0.2, -0.15) is 0 Å². The third-order valence-electron chi connectivity index (χ3n) is 2.76. The van der Waals surface area contributed by atoms with Gasteiger partial charge in [-0.25, -0.2) is 0 Å². The van der Waals surface area contributed by atoms with Crippen molar-refractivity contribution in [2.45, 2.75) is 12.8 Å². The normalized spacial score (nSPS) is 10.2. The third kappa shape index (κ3) is 3.10. The summed E-state index contributed by atoms with van der Waals surface area (Å²) in [5.41, 5.74) is 2.95. The van der Waals surface area contributed by atoms with Crippen LogP contribution in [-0.4, -0.2) is 16.2 Å². The lowest BCUT2D eigenvalue weighted by molar-refractivity contribution is -0.136. The maximum atomic E-state index is 10.5. The van der Waals surface area contributed by atoms with E-state index in [1.54, 1.807) is 18.2 Å². The van der Waals surface area contributed by atoms with Crippen LogP contribution < -0.4 is 0 Å². The Kier molecular flexibility index (Phi) is 3.63. The van der Waals surface area contributed by atoms with Crippen molar-refractivity contribution in [3.63, 3.8) is 0 Å².